The lowest BCUT2D eigenvalue weighted by atomic mass is 10.2. The van der Waals surface area contributed by atoms with Gasteiger partial charge in [0.2, 0.25) is 0 Å². The molecule has 0 aliphatic carbocycles. The zero-order valence-corrected chi connectivity index (χ0v) is 16.7. The molecule has 28 heavy (non-hydrogen) atoms. The SMILES string of the molecule is Cc1cc(N2CCN(c3ccc(-c4cccs4)nn3)CC2)n2nc(C)cc2n1. The summed E-state index contributed by atoms with van der Waals surface area (Å²) in [5, 5.41) is 15.5. The van der Waals surface area contributed by atoms with Crippen LogP contribution in [0.25, 0.3) is 16.2 Å². The molecule has 0 bridgehead atoms. The number of nitrogens with zero attached hydrogens (tertiary/aromatic N) is 7. The van der Waals surface area contributed by atoms with E-state index in [0.717, 1.165) is 65.4 Å². The Bertz CT molecular complexity index is 1090. The zero-order valence-electron chi connectivity index (χ0n) is 15.9. The highest BCUT2D eigenvalue weighted by Gasteiger charge is 2.21. The molecule has 5 heterocycles. The molecule has 0 saturated carbocycles. The number of thiophene rings is 1. The van der Waals surface area contributed by atoms with E-state index in [2.05, 4.69) is 59.7 Å². The highest BCUT2D eigenvalue weighted by molar-refractivity contribution is 7.13. The van der Waals surface area contributed by atoms with Gasteiger partial charge in [0, 0.05) is 44.0 Å². The summed E-state index contributed by atoms with van der Waals surface area (Å²) in [5.41, 5.74) is 3.84. The molecule has 0 aromatic carbocycles. The number of hydrogen-bond donors (Lipinski definition) is 0. The predicted molar refractivity (Wildman–Crippen MR) is 112 cm³/mol. The molecule has 7 nitrogen and oxygen atoms in total. The van der Waals surface area contributed by atoms with Crippen molar-refractivity contribution in [3.05, 3.63) is 53.2 Å². The first-order chi connectivity index (χ1) is 13.7. The number of aryl methyl sites for hydroxylation is 2. The molecule has 1 saturated heterocycles. The van der Waals surface area contributed by atoms with E-state index in [1.165, 1.54) is 0 Å². The van der Waals surface area contributed by atoms with E-state index in [1.54, 1.807) is 11.3 Å². The summed E-state index contributed by atoms with van der Waals surface area (Å²) in [7, 11) is 0. The second-order valence-electron chi connectivity index (χ2n) is 7.04. The maximum atomic E-state index is 4.62. The summed E-state index contributed by atoms with van der Waals surface area (Å²) in [6.07, 6.45) is 0. The van der Waals surface area contributed by atoms with Crippen LogP contribution in [0.2, 0.25) is 0 Å². The van der Waals surface area contributed by atoms with Gasteiger partial charge in [0.15, 0.2) is 11.5 Å². The lowest BCUT2D eigenvalue weighted by Gasteiger charge is -2.36. The molecule has 8 heteroatoms. The Morgan fingerprint density at radius 2 is 1.71 bits per heavy atom. The smallest absolute Gasteiger partial charge is 0.157 e. The van der Waals surface area contributed by atoms with Gasteiger partial charge in [-0.3, -0.25) is 0 Å². The summed E-state index contributed by atoms with van der Waals surface area (Å²) in [6, 6.07) is 12.4. The van der Waals surface area contributed by atoms with Crippen LogP contribution in [-0.2, 0) is 0 Å². The van der Waals surface area contributed by atoms with Crippen LogP contribution >= 0.6 is 11.3 Å². The maximum Gasteiger partial charge on any atom is 0.157 e. The molecule has 0 spiro atoms. The van der Waals surface area contributed by atoms with Gasteiger partial charge in [-0.15, -0.1) is 21.5 Å². The quantitative estimate of drug-likeness (QED) is 0.534. The molecule has 1 aliphatic heterocycles. The summed E-state index contributed by atoms with van der Waals surface area (Å²) < 4.78 is 1.95. The third kappa shape index (κ3) is 3.09. The topological polar surface area (TPSA) is 62.5 Å². The summed E-state index contributed by atoms with van der Waals surface area (Å²) >= 11 is 1.68. The van der Waals surface area contributed by atoms with Gasteiger partial charge in [-0.05, 0) is 37.4 Å². The zero-order chi connectivity index (χ0) is 19.1. The molecule has 0 unspecified atom stereocenters. The first-order valence-electron chi connectivity index (χ1n) is 9.39. The van der Waals surface area contributed by atoms with Gasteiger partial charge in [0.05, 0.1) is 10.6 Å². The first kappa shape index (κ1) is 17.1. The fourth-order valence-corrected chi connectivity index (χ4v) is 4.32. The van der Waals surface area contributed by atoms with Gasteiger partial charge in [-0.2, -0.15) is 9.61 Å². The highest BCUT2D eigenvalue weighted by atomic mass is 32.1. The van der Waals surface area contributed by atoms with E-state index < -0.39 is 0 Å². The third-order valence-electron chi connectivity index (χ3n) is 5.01. The number of piperazine rings is 1. The number of aromatic nitrogens is 5. The molecule has 1 fully saturated rings. The molecule has 1 aliphatic rings. The van der Waals surface area contributed by atoms with Crippen molar-refractivity contribution >= 4 is 28.6 Å². The Labute approximate surface area is 167 Å². The Morgan fingerprint density at radius 3 is 2.43 bits per heavy atom. The van der Waals surface area contributed by atoms with Crippen LogP contribution in [0.15, 0.2) is 41.8 Å². The normalized spacial score (nSPS) is 14.8. The van der Waals surface area contributed by atoms with Gasteiger partial charge in [-0.1, -0.05) is 6.07 Å². The van der Waals surface area contributed by atoms with Gasteiger partial charge >= 0.3 is 0 Å². The first-order valence-corrected chi connectivity index (χ1v) is 10.3. The van der Waals surface area contributed by atoms with Crippen molar-refractivity contribution in [1.29, 1.82) is 0 Å². The average molecular weight is 392 g/mol. The molecule has 142 valence electrons. The van der Waals surface area contributed by atoms with E-state index in [4.69, 9.17) is 0 Å². The molecule has 4 aromatic rings. The molecule has 4 aromatic heterocycles. The summed E-state index contributed by atoms with van der Waals surface area (Å²) in [5.74, 6) is 2.04. The molecule has 0 atom stereocenters. The minimum absolute atomic E-state index is 0.899. The minimum Gasteiger partial charge on any atom is -0.353 e. The van der Waals surface area contributed by atoms with E-state index in [0.29, 0.717) is 0 Å². The largest absolute Gasteiger partial charge is 0.353 e. The molecule has 0 radical (unpaired) electrons. The standard InChI is InChI=1S/C20H21N7S/c1-14-13-20(27-19(21-14)12-15(2)24-27)26-9-7-25(8-10-26)18-6-5-16(22-23-18)17-4-3-11-28-17/h3-6,11-13H,7-10H2,1-2H3. The molecule has 0 N–H and O–H groups in total. The Balaban J connectivity index is 1.33. The van der Waals surface area contributed by atoms with E-state index >= 15 is 0 Å². The molecular weight excluding hydrogens is 370 g/mol. The van der Waals surface area contributed by atoms with Crippen LogP contribution in [-0.4, -0.2) is 51.0 Å². The lowest BCUT2D eigenvalue weighted by Crippen LogP contribution is -2.47. The highest BCUT2D eigenvalue weighted by Crippen LogP contribution is 2.24. The van der Waals surface area contributed by atoms with Crippen molar-refractivity contribution in [2.45, 2.75) is 13.8 Å². The second-order valence-corrected chi connectivity index (χ2v) is 7.99. The van der Waals surface area contributed by atoms with Crippen molar-refractivity contribution in [2.75, 3.05) is 36.0 Å². The van der Waals surface area contributed by atoms with E-state index in [-0.39, 0.29) is 0 Å². The Hall–Kier alpha value is -3.00. The molecule has 0 amide bonds. The lowest BCUT2D eigenvalue weighted by molar-refractivity contribution is 0.630. The van der Waals surface area contributed by atoms with Gasteiger partial charge < -0.3 is 9.80 Å². The van der Waals surface area contributed by atoms with Crippen molar-refractivity contribution in [3.8, 4) is 10.6 Å². The third-order valence-corrected chi connectivity index (χ3v) is 5.90. The predicted octanol–water partition coefficient (Wildman–Crippen LogP) is 3.19. The van der Waals surface area contributed by atoms with Crippen LogP contribution in [0, 0.1) is 13.8 Å². The molecule has 5 rings (SSSR count). The minimum atomic E-state index is 0.899. The number of fused-ring (bicyclic) bond motifs is 1. The average Bonchev–Trinajstić information content (AvgIpc) is 3.37. The van der Waals surface area contributed by atoms with Gasteiger partial charge in [-0.25, -0.2) is 4.98 Å². The summed E-state index contributed by atoms with van der Waals surface area (Å²) in [4.78, 5) is 10.4. The van der Waals surface area contributed by atoms with Crippen molar-refractivity contribution in [1.82, 2.24) is 24.8 Å². The number of anilines is 2. The maximum absolute atomic E-state index is 4.62. The fourth-order valence-electron chi connectivity index (χ4n) is 3.63. The van der Waals surface area contributed by atoms with Crippen LogP contribution in [0.1, 0.15) is 11.4 Å². The monoisotopic (exact) mass is 391 g/mol. The van der Waals surface area contributed by atoms with E-state index in [1.807, 2.05) is 30.5 Å². The summed E-state index contributed by atoms with van der Waals surface area (Å²) in [6.45, 7) is 7.65. The fraction of sp³-hybridized carbons (Fsp3) is 0.300. The Kier molecular flexibility index (Phi) is 4.20. The van der Waals surface area contributed by atoms with Crippen LogP contribution in [0.5, 0.6) is 0 Å². The van der Waals surface area contributed by atoms with Crippen molar-refractivity contribution < 1.29 is 0 Å². The van der Waals surface area contributed by atoms with Gasteiger partial charge in [0.25, 0.3) is 0 Å². The number of hydrogen-bond acceptors (Lipinski definition) is 7. The Morgan fingerprint density at radius 1 is 0.893 bits per heavy atom. The second kappa shape index (κ2) is 6.87. The number of rotatable bonds is 3. The van der Waals surface area contributed by atoms with Crippen LogP contribution < -0.4 is 9.80 Å². The van der Waals surface area contributed by atoms with Crippen molar-refractivity contribution in [2.24, 2.45) is 0 Å². The van der Waals surface area contributed by atoms with Crippen LogP contribution in [0.3, 0.4) is 0 Å². The van der Waals surface area contributed by atoms with Crippen molar-refractivity contribution in [3.63, 3.8) is 0 Å². The van der Waals surface area contributed by atoms with Gasteiger partial charge in [0.1, 0.15) is 11.5 Å². The van der Waals surface area contributed by atoms with Crippen LogP contribution in [0.4, 0.5) is 11.6 Å². The van der Waals surface area contributed by atoms with E-state index in [9.17, 15) is 0 Å². The molecular formula is C20H21N7S.